The number of hydrogen-bond donors (Lipinski definition) is 3. The maximum absolute atomic E-state index is 13.1. The number of sulfonamides is 1. The van der Waals surface area contributed by atoms with Gasteiger partial charge in [-0.25, -0.2) is 18.1 Å². The lowest BCUT2D eigenvalue weighted by Crippen LogP contribution is -2.40. The molecule has 0 unspecified atom stereocenters. The maximum Gasteiger partial charge on any atom is 0.270 e. The van der Waals surface area contributed by atoms with E-state index in [1.54, 1.807) is 75.4 Å². The van der Waals surface area contributed by atoms with Crippen LogP contribution in [0, 0.1) is 10.1 Å². The third-order valence-electron chi connectivity index (χ3n) is 5.25. The second-order valence-electron chi connectivity index (χ2n) is 9.42. The number of non-ortho nitro benzene ring substituents is 1. The van der Waals surface area contributed by atoms with Crippen LogP contribution < -0.4 is 15.8 Å². The van der Waals surface area contributed by atoms with E-state index in [1.165, 1.54) is 18.2 Å². The first-order valence-corrected chi connectivity index (χ1v) is 13.7. The van der Waals surface area contributed by atoms with E-state index in [0.717, 1.165) is 11.3 Å². The van der Waals surface area contributed by atoms with Crippen molar-refractivity contribution in [2.24, 2.45) is 0 Å². The molecule has 4 rings (SSSR count). The summed E-state index contributed by atoms with van der Waals surface area (Å²) in [4.78, 5) is 28.3. The van der Waals surface area contributed by atoms with E-state index < -0.39 is 26.4 Å². The van der Waals surface area contributed by atoms with Crippen molar-refractivity contribution >= 4 is 43.8 Å². The zero-order chi connectivity index (χ0) is 27.7. The van der Waals surface area contributed by atoms with Gasteiger partial charge in [0.05, 0.1) is 15.5 Å². The van der Waals surface area contributed by atoms with Crippen LogP contribution in [0.4, 0.5) is 16.5 Å². The molecule has 0 aliphatic carbocycles. The predicted molar refractivity (Wildman–Crippen MR) is 149 cm³/mol. The summed E-state index contributed by atoms with van der Waals surface area (Å²) in [5, 5.41) is 14.1. The summed E-state index contributed by atoms with van der Waals surface area (Å²) in [5.74, 6) is -0.481. The quantitative estimate of drug-likeness (QED) is 0.208. The van der Waals surface area contributed by atoms with Crippen molar-refractivity contribution in [3.05, 3.63) is 87.8 Å². The highest BCUT2D eigenvalue weighted by Crippen LogP contribution is 2.33. The van der Waals surface area contributed by atoms with Gasteiger partial charge in [0.2, 0.25) is 10.0 Å². The standard InChI is InChI=1S/C26H25N5O5S2/c1-26(2,3)30-38(35,36)21-10-5-4-9-20(21)16-11-13-18(14-12-16)28-24(32)23-22(29-25(27)37-23)17-7-6-8-19(15-17)31(33)34/h4-15,30H,1-3H3,(H2,27,29)(H,28,32). The Morgan fingerprint density at radius 1 is 1.00 bits per heavy atom. The molecule has 4 N–H and O–H groups in total. The summed E-state index contributed by atoms with van der Waals surface area (Å²) < 4.78 is 28.7. The Kier molecular flexibility index (Phi) is 7.31. The number of thiazole rings is 1. The third-order valence-corrected chi connectivity index (χ3v) is 7.95. The van der Waals surface area contributed by atoms with Crippen molar-refractivity contribution in [1.29, 1.82) is 0 Å². The number of nitrogens with zero attached hydrogens (tertiary/aromatic N) is 2. The maximum atomic E-state index is 13.1. The average molecular weight is 552 g/mol. The summed E-state index contributed by atoms with van der Waals surface area (Å²) in [7, 11) is -3.78. The van der Waals surface area contributed by atoms with Crippen LogP contribution in [-0.4, -0.2) is 29.8 Å². The number of nitrogens with one attached hydrogen (secondary N) is 2. The first-order chi connectivity index (χ1) is 17.8. The lowest BCUT2D eigenvalue weighted by Gasteiger charge is -2.21. The molecular weight excluding hydrogens is 526 g/mol. The SMILES string of the molecule is CC(C)(C)NS(=O)(=O)c1ccccc1-c1ccc(NC(=O)c2sc(N)nc2-c2cccc([N+](=O)[O-])c2)cc1. The summed E-state index contributed by atoms with van der Waals surface area (Å²) in [5.41, 5.74) is 7.35. The molecule has 0 atom stereocenters. The second-order valence-corrected chi connectivity index (χ2v) is 12.1. The number of nitrogen functional groups attached to an aromatic ring is 1. The monoisotopic (exact) mass is 551 g/mol. The van der Waals surface area contributed by atoms with Crippen molar-refractivity contribution in [3.8, 4) is 22.4 Å². The summed E-state index contributed by atoms with van der Waals surface area (Å²) in [6.07, 6.45) is 0. The molecule has 4 aromatic rings. The smallest absolute Gasteiger partial charge is 0.270 e. The molecule has 0 bridgehead atoms. The van der Waals surface area contributed by atoms with Gasteiger partial charge in [-0.2, -0.15) is 0 Å². The van der Waals surface area contributed by atoms with Gasteiger partial charge in [0.25, 0.3) is 11.6 Å². The molecule has 196 valence electrons. The Morgan fingerprint density at radius 3 is 2.34 bits per heavy atom. The van der Waals surface area contributed by atoms with Crippen LogP contribution >= 0.6 is 11.3 Å². The number of amides is 1. The van der Waals surface area contributed by atoms with E-state index in [1.807, 2.05) is 0 Å². The van der Waals surface area contributed by atoms with Crippen molar-refractivity contribution < 1.29 is 18.1 Å². The Hall–Kier alpha value is -4.13. The number of carbonyl (C=O) groups is 1. The fourth-order valence-corrected chi connectivity index (χ4v) is 6.17. The first-order valence-electron chi connectivity index (χ1n) is 11.4. The number of rotatable bonds is 7. The molecule has 10 nitrogen and oxygen atoms in total. The zero-order valence-corrected chi connectivity index (χ0v) is 22.4. The van der Waals surface area contributed by atoms with Gasteiger partial charge in [-0.3, -0.25) is 14.9 Å². The molecule has 0 saturated heterocycles. The normalized spacial score (nSPS) is 11.8. The van der Waals surface area contributed by atoms with Crippen LogP contribution in [0.25, 0.3) is 22.4 Å². The van der Waals surface area contributed by atoms with Gasteiger partial charge in [0.1, 0.15) is 4.88 Å². The molecule has 0 aliphatic heterocycles. The summed E-state index contributed by atoms with van der Waals surface area (Å²) in [6, 6.07) is 19.2. The van der Waals surface area contributed by atoms with Crippen molar-refractivity contribution in [1.82, 2.24) is 9.71 Å². The minimum absolute atomic E-state index is 0.129. The molecule has 1 heterocycles. The van der Waals surface area contributed by atoms with Crippen molar-refractivity contribution in [3.63, 3.8) is 0 Å². The Balaban J connectivity index is 1.60. The van der Waals surface area contributed by atoms with Crippen LogP contribution in [0.3, 0.4) is 0 Å². The molecule has 0 radical (unpaired) electrons. The molecule has 1 amide bonds. The van der Waals surface area contributed by atoms with Gasteiger partial charge in [-0.15, -0.1) is 0 Å². The highest BCUT2D eigenvalue weighted by molar-refractivity contribution is 7.89. The molecule has 0 saturated carbocycles. The first kappa shape index (κ1) is 26.9. The predicted octanol–water partition coefficient (Wildman–Crippen LogP) is 5.30. The van der Waals surface area contributed by atoms with Crippen molar-refractivity contribution in [2.75, 3.05) is 11.1 Å². The van der Waals surface area contributed by atoms with E-state index in [-0.39, 0.29) is 26.3 Å². The third kappa shape index (κ3) is 6.05. The highest BCUT2D eigenvalue weighted by Gasteiger charge is 2.25. The lowest BCUT2D eigenvalue weighted by atomic mass is 10.1. The van der Waals surface area contributed by atoms with E-state index in [2.05, 4.69) is 15.0 Å². The highest BCUT2D eigenvalue weighted by atomic mass is 32.2. The summed E-state index contributed by atoms with van der Waals surface area (Å²) in [6.45, 7) is 5.31. The Labute approximate surface area is 223 Å². The minimum atomic E-state index is -3.78. The van der Waals surface area contributed by atoms with E-state index >= 15 is 0 Å². The number of nitro benzene ring substituents is 1. The molecule has 0 aliphatic rings. The number of aromatic nitrogens is 1. The molecule has 3 aromatic carbocycles. The zero-order valence-electron chi connectivity index (χ0n) is 20.8. The molecule has 38 heavy (non-hydrogen) atoms. The number of nitrogens with two attached hydrogens (primary N) is 1. The largest absolute Gasteiger partial charge is 0.375 e. The van der Waals surface area contributed by atoms with Gasteiger partial charge in [0.15, 0.2) is 5.13 Å². The molecule has 1 aromatic heterocycles. The van der Waals surface area contributed by atoms with Crippen LogP contribution in [0.2, 0.25) is 0 Å². The van der Waals surface area contributed by atoms with Gasteiger partial charge >= 0.3 is 0 Å². The van der Waals surface area contributed by atoms with E-state index in [9.17, 15) is 23.3 Å². The number of anilines is 2. The van der Waals surface area contributed by atoms with E-state index in [0.29, 0.717) is 22.4 Å². The topological polar surface area (TPSA) is 157 Å². The van der Waals surface area contributed by atoms with Crippen LogP contribution in [0.15, 0.2) is 77.7 Å². The van der Waals surface area contributed by atoms with Crippen LogP contribution in [0.1, 0.15) is 30.4 Å². The average Bonchev–Trinajstić information content (AvgIpc) is 3.25. The molecule has 12 heteroatoms. The number of nitro groups is 1. The number of benzene rings is 3. The molecule has 0 fully saturated rings. The van der Waals surface area contributed by atoms with Gasteiger partial charge < -0.3 is 11.1 Å². The van der Waals surface area contributed by atoms with E-state index in [4.69, 9.17) is 5.73 Å². The van der Waals surface area contributed by atoms with Crippen LogP contribution in [0.5, 0.6) is 0 Å². The fraction of sp³-hybridized carbons (Fsp3) is 0.154. The molecule has 0 spiro atoms. The minimum Gasteiger partial charge on any atom is -0.375 e. The lowest BCUT2D eigenvalue weighted by molar-refractivity contribution is -0.384. The Morgan fingerprint density at radius 2 is 1.68 bits per heavy atom. The number of carbonyl (C=O) groups excluding carboxylic acids is 1. The van der Waals surface area contributed by atoms with Gasteiger partial charge in [-0.05, 0) is 44.5 Å². The van der Waals surface area contributed by atoms with Gasteiger partial charge in [0, 0.05) is 34.5 Å². The van der Waals surface area contributed by atoms with Gasteiger partial charge in [-0.1, -0.05) is 53.8 Å². The van der Waals surface area contributed by atoms with Crippen molar-refractivity contribution in [2.45, 2.75) is 31.2 Å². The fourth-order valence-electron chi connectivity index (χ4n) is 3.77. The number of hydrogen-bond acceptors (Lipinski definition) is 8. The second kappa shape index (κ2) is 10.3. The molecular formula is C26H25N5O5S2. The summed E-state index contributed by atoms with van der Waals surface area (Å²) >= 11 is 0.971. The Bertz CT molecular complexity index is 1620. The van der Waals surface area contributed by atoms with Crippen LogP contribution in [-0.2, 0) is 10.0 Å².